The Balaban J connectivity index is 1.73. The summed E-state index contributed by atoms with van der Waals surface area (Å²) in [4.78, 5) is 27.1. The normalized spacial score (nSPS) is 25.7. The van der Waals surface area contributed by atoms with E-state index in [9.17, 15) is 9.59 Å². The zero-order chi connectivity index (χ0) is 13.8. The maximum atomic E-state index is 12.3. The van der Waals surface area contributed by atoms with Gasteiger partial charge in [0.05, 0.1) is 5.92 Å². The van der Waals surface area contributed by atoms with E-state index in [1.807, 2.05) is 4.90 Å². The van der Waals surface area contributed by atoms with Crippen molar-refractivity contribution < 1.29 is 14.7 Å². The van der Waals surface area contributed by atoms with Crippen molar-refractivity contribution in [3.63, 3.8) is 0 Å². The number of amides is 1. The van der Waals surface area contributed by atoms with Crippen LogP contribution in [0.15, 0.2) is 0 Å². The third kappa shape index (κ3) is 3.93. The monoisotopic (exact) mass is 268 g/mol. The molecule has 2 aliphatic heterocycles. The van der Waals surface area contributed by atoms with Crippen molar-refractivity contribution in [3.05, 3.63) is 0 Å². The van der Waals surface area contributed by atoms with E-state index in [1.165, 1.54) is 0 Å². The van der Waals surface area contributed by atoms with Gasteiger partial charge in [0.2, 0.25) is 5.91 Å². The summed E-state index contributed by atoms with van der Waals surface area (Å²) in [5.41, 5.74) is 0. The van der Waals surface area contributed by atoms with Crippen LogP contribution in [0, 0.1) is 11.8 Å². The molecular formula is C14H24N2O3. The van der Waals surface area contributed by atoms with Crippen molar-refractivity contribution in [1.29, 1.82) is 0 Å². The lowest BCUT2D eigenvalue weighted by Crippen LogP contribution is -2.42. The quantitative estimate of drug-likeness (QED) is 0.827. The van der Waals surface area contributed by atoms with Gasteiger partial charge in [0.15, 0.2) is 0 Å². The van der Waals surface area contributed by atoms with E-state index in [0.29, 0.717) is 11.8 Å². The van der Waals surface area contributed by atoms with Crippen molar-refractivity contribution in [2.45, 2.75) is 32.1 Å². The Morgan fingerprint density at radius 2 is 1.84 bits per heavy atom. The number of hydrogen-bond acceptors (Lipinski definition) is 3. The highest BCUT2D eigenvalue weighted by atomic mass is 16.4. The minimum Gasteiger partial charge on any atom is -0.481 e. The molecule has 0 spiro atoms. The first-order valence-corrected chi connectivity index (χ1v) is 7.25. The van der Waals surface area contributed by atoms with Crippen LogP contribution in [0.4, 0.5) is 0 Å². The molecular weight excluding hydrogens is 244 g/mol. The Bertz CT molecular complexity index is 338. The number of rotatable bonds is 4. The molecule has 1 N–H and O–H groups in total. The van der Waals surface area contributed by atoms with E-state index >= 15 is 0 Å². The van der Waals surface area contributed by atoms with Crippen LogP contribution in [-0.2, 0) is 9.59 Å². The number of piperidine rings is 1. The molecule has 19 heavy (non-hydrogen) atoms. The van der Waals surface area contributed by atoms with E-state index in [2.05, 4.69) is 11.9 Å². The fourth-order valence-corrected chi connectivity index (χ4v) is 3.16. The summed E-state index contributed by atoms with van der Waals surface area (Å²) < 4.78 is 0. The second-order valence-corrected chi connectivity index (χ2v) is 5.95. The lowest BCUT2D eigenvalue weighted by Gasteiger charge is -2.33. The summed E-state index contributed by atoms with van der Waals surface area (Å²) in [6.45, 7) is 3.52. The molecule has 2 rings (SSSR count). The number of hydrogen-bond donors (Lipinski definition) is 1. The fraction of sp³-hybridized carbons (Fsp3) is 0.857. The molecule has 0 radical (unpaired) electrons. The van der Waals surface area contributed by atoms with Gasteiger partial charge < -0.3 is 14.9 Å². The third-order valence-corrected chi connectivity index (χ3v) is 4.43. The number of nitrogens with zero attached hydrogens (tertiary/aromatic N) is 2. The Labute approximate surface area is 114 Å². The van der Waals surface area contributed by atoms with E-state index < -0.39 is 5.97 Å². The predicted octanol–water partition coefficient (Wildman–Crippen LogP) is 1.04. The second kappa shape index (κ2) is 6.37. The minimum absolute atomic E-state index is 0.181. The number of carboxylic acids is 1. The van der Waals surface area contributed by atoms with Crippen LogP contribution in [0.1, 0.15) is 32.1 Å². The van der Waals surface area contributed by atoms with Gasteiger partial charge in [0, 0.05) is 26.1 Å². The standard InChI is InChI=1S/C14H24N2O3/c1-15-7-6-12(10-15)14(19)16-8-4-11(5-9-16)2-3-13(17)18/h11-12H,2-10H2,1H3,(H,17,18). The molecule has 0 aromatic carbocycles. The third-order valence-electron chi connectivity index (χ3n) is 4.43. The number of carbonyl (C=O) groups excluding carboxylic acids is 1. The van der Waals surface area contributed by atoms with Crippen molar-refractivity contribution in [2.24, 2.45) is 11.8 Å². The second-order valence-electron chi connectivity index (χ2n) is 5.95. The molecule has 5 heteroatoms. The molecule has 2 saturated heterocycles. The molecule has 1 atom stereocenters. The van der Waals surface area contributed by atoms with Crippen LogP contribution in [0.25, 0.3) is 0 Å². The average Bonchev–Trinajstić information content (AvgIpc) is 2.83. The van der Waals surface area contributed by atoms with Crippen molar-refractivity contribution in [1.82, 2.24) is 9.80 Å². The van der Waals surface area contributed by atoms with Crippen molar-refractivity contribution in [2.75, 3.05) is 33.2 Å². The van der Waals surface area contributed by atoms with Gasteiger partial charge in [-0.2, -0.15) is 0 Å². The average molecular weight is 268 g/mol. The summed E-state index contributed by atoms with van der Waals surface area (Å²) in [6, 6.07) is 0. The van der Waals surface area contributed by atoms with Gasteiger partial charge >= 0.3 is 5.97 Å². The highest BCUT2D eigenvalue weighted by Crippen LogP contribution is 2.25. The Morgan fingerprint density at radius 3 is 2.37 bits per heavy atom. The van der Waals surface area contributed by atoms with Gasteiger partial charge in [0.25, 0.3) is 0 Å². The van der Waals surface area contributed by atoms with E-state index in [1.54, 1.807) is 0 Å². The number of likely N-dealkylation sites (tertiary alicyclic amines) is 2. The SMILES string of the molecule is CN1CCC(C(=O)N2CCC(CCC(=O)O)CC2)C1. The lowest BCUT2D eigenvalue weighted by molar-refractivity contribution is -0.139. The summed E-state index contributed by atoms with van der Waals surface area (Å²) >= 11 is 0. The van der Waals surface area contributed by atoms with E-state index in [4.69, 9.17) is 5.11 Å². The molecule has 0 aliphatic carbocycles. The summed E-state index contributed by atoms with van der Waals surface area (Å²) in [6.07, 6.45) is 3.91. The number of aliphatic carboxylic acids is 1. The summed E-state index contributed by atoms with van der Waals surface area (Å²) in [5.74, 6) is 0.250. The lowest BCUT2D eigenvalue weighted by atomic mass is 9.91. The first kappa shape index (κ1) is 14.3. The smallest absolute Gasteiger partial charge is 0.303 e. The zero-order valence-corrected chi connectivity index (χ0v) is 11.7. The van der Waals surface area contributed by atoms with Crippen LogP contribution >= 0.6 is 0 Å². The molecule has 0 aromatic heterocycles. The van der Waals surface area contributed by atoms with E-state index in [0.717, 1.165) is 51.9 Å². The first-order valence-electron chi connectivity index (χ1n) is 7.25. The topological polar surface area (TPSA) is 60.9 Å². The largest absolute Gasteiger partial charge is 0.481 e. The number of carboxylic acid groups (broad SMARTS) is 1. The molecule has 108 valence electrons. The Morgan fingerprint density at radius 1 is 1.16 bits per heavy atom. The van der Waals surface area contributed by atoms with Gasteiger partial charge in [-0.05, 0) is 45.2 Å². The number of carbonyl (C=O) groups is 2. The van der Waals surface area contributed by atoms with Gasteiger partial charge in [-0.15, -0.1) is 0 Å². The molecule has 1 unspecified atom stereocenters. The molecule has 0 bridgehead atoms. The highest BCUT2D eigenvalue weighted by molar-refractivity contribution is 5.79. The molecule has 1 amide bonds. The molecule has 5 nitrogen and oxygen atoms in total. The van der Waals surface area contributed by atoms with Crippen LogP contribution < -0.4 is 0 Å². The first-order chi connectivity index (χ1) is 9.06. The zero-order valence-electron chi connectivity index (χ0n) is 11.7. The van der Waals surface area contributed by atoms with Gasteiger partial charge in [-0.1, -0.05) is 0 Å². The van der Waals surface area contributed by atoms with Crippen molar-refractivity contribution >= 4 is 11.9 Å². The summed E-state index contributed by atoms with van der Waals surface area (Å²) in [5, 5.41) is 8.68. The maximum absolute atomic E-state index is 12.3. The van der Waals surface area contributed by atoms with E-state index in [-0.39, 0.29) is 12.3 Å². The maximum Gasteiger partial charge on any atom is 0.303 e. The predicted molar refractivity (Wildman–Crippen MR) is 71.8 cm³/mol. The molecule has 0 aromatic rings. The van der Waals surface area contributed by atoms with Gasteiger partial charge in [-0.3, -0.25) is 9.59 Å². The fourth-order valence-electron chi connectivity index (χ4n) is 3.16. The van der Waals surface area contributed by atoms with Gasteiger partial charge in [0.1, 0.15) is 0 Å². The van der Waals surface area contributed by atoms with Crippen LogP contribution in [-0.4, -0.2) is 60.0 Å². The molecule has 0 saturated carbocycles. The molecule has 2 fully saturated rings. The Hall–Kier alpha value is -1.10. The Kier molecular flexibility index (Phi) is 4.80. The van der Waals surface area contributed by atoms with Gasteiger partial charge in [-0.25, -0.2) is 0 Å². The molecule has 2 heterocycles. The van der Waals surface area contributed by atoms with Crippen molar-refractivity contribution in [3.8, 4) is 0 Å². The highest BCUT2D eigenvalue weighted by Gasteiger charge is 2.31. The summed E-state index contributed by atoms with van der Waals surface area (Å²) in [7, 11) is 2.06. The molecule has 2 aliphatic rings. The van der Waals surface area contributed by atoms with Crippen LogP contribution in [0.3, 0.4) is 0 Å². The van der Waals surface area contributed by atoms with Crippen LogP contribution in [0.5, 0.6) is 0 Å². The van der Waals surface area contributed by atoms with Crippen LogP contribution in [0.2, 0.25) is 0 Å². The minimum atomic E-state index is -0.715.